The Morgan fingerprint density at radius 1 is 1.31 bits per heavy atom. The summed E-state index contributed by atoms with van der Waals surface area (Å²) < 4.78 is 45.2. The van der Waals surface area contributed by atoms with Crippen molar-refractivity contribution in [2.45, 2.75) is 25.6 Å². The smallest absolute Gasteiger partial charge is 0.417 e. The van der Waals surface area contributed by atoms with Crippen LogP contribution in [0, 0.1) is 0 Å². The van der Waals surface area contributed by atoms with Crippen LogP contribution in [0.1, 0.15) is 24.7 Å². The minimum atomic E-state index is -4.54. The molecule has 2 heterocycles. The molecule has 5 nitrogen and oxygen atoms in total. The zero-order valence-corrected chi connectivity index (χ0v) is 16.5. The largest absolute Gasteiger partial charge is 0.480 e. The zero-order chi connectivity index (χ0) is 21.3. The van der Waals surface area contributed by atoms with E-state index in [1.54, 1.807) is 6.92 Å². The van der Waals surface area contributed by atoms with Gasteiger partial charge in [-0.25, -0.2) is 4.79 Å². The van der Waals surface area contributed by atoms with Crippen molar-refractivity contribution < 1.29 is 32.3 Å². The van der Waals surface area contributed by atoms with Crippen LogP contribution in [0.2, 0.25) is 0 Å². The highest BCUT2D eigenvalue weighted by atomic mass is 32.2. The average molecular weight is 441 g/mol. The molecule has 0 saturated carbocycles. The summed E-state index contributed by atoms with van der Waals surface area (Å²) in [6.07, 6.45) is -3.03. The van der Waals surface area contributed by atoms with Gasteiger partial charge in [0.15, 0.2) is 0 Å². The normalized spacial score (nSPS) is 17.2. The van der Waals surface area contributed by atoms with E-state index >= 15 is 0 Å². The number of amides is 1. The second kappa shape index (κ2) is 8.03. The molecule has 1 saturated heterocycles. The van der Waals surface area contributed by atoms with Crippen molar-refractivity contribution in [2.75, 3.05) is 0 Å². The second-order valence-corrected chi connectivity index (χ2v) is 7.74. The van der Waals surface area contributed by atoms with E-state index in [1.807, 2.05) is 0 Å². The Hall–Kier alpha value is -2.59. The van der Waals surface area contributed by atoms with Crippen LogP contribution in [0.25, 0.3) is 17.4 Å². The number of thiocarbonyl (C=S) groups is 1. The predicted molar refractivity (Wildman–Crippen MR) is 106 cm³/mol. The molecule has 1 aliphatic rings. The highest BCUT2D eigenvalue weighted by Gasteiger charge is 2.40. The van der Waals surface area contributed by atoms with Gasteiger partial charge in [-0.3, -0.25) is 9.69 Å². The van der Waals surface area contributed by atoms with Gasteiger partial charge >= 0.3 is 12.1 Å². The molecule has 3 rings (SSSR count). The average Bonchev–Trinajstić information content (AvgIpc) is 3.22. The van der Waals surface area contributed by atoms with Gasteiger partial charge in [-0.05, 0) is 24.6 Å². The molecule has 1 fully saturated rings. The first kappa shape index (κ1) is 21.1. The maximum Gasteiger partial charge on any atom is 0.417 e. The van der Waals surface area contributed by atoms with Crippen molar-refractivity contribution in [1.29, 1.82) is 0 Å². The lowest BCUT2D eigenvalue weighted by Crippen LogP contribution is -2.43. The van der Waals surface area contributed by atoms with Crippen molar-refractivity contribution in [3.63, 3.8) is 0 Å². The summed E-state index contributed by atoms with van der Waals surface area (Å²) >= 11 is 6.04. The third-order valence-corrected chi connectivity index (χ3v) is 5.54. The summed E-state index contributed by atoms with van der Waals surface area (Å²) in [5.41, 5.74) is -0.955. The first-order valence-electron chi connectivity index (χ1n) is 8.39. The molecule has 2 aromatic rings. The Bertz CT molecular complexity index is 1010. The molecule has 1 aliphatic heterocycles. The van der Waals surface area contributed by atoms with E-state index in [2.05, 4.69) is 0 Å². The number of halogens is 3. The lowest BCUT2D eigenvalue weighted by molar-refractivity contribution is -0.145. The number of carbonyl (C=O) groups excluding carboxylic acids is 1. The van der Waals surface area contributed by atoms with Gasteiger partial charge in [0.2, 0.25) is 0 Å². The fourth-order valence-corrected chi connectivity index (χ4v) is 4.20. The molecule has 1 unspecified atom stereocenters. The lowest BCUT2D eigenvalue weighted by atomic mass is 10.1. The fourth-order valence-electron chi connectivity index (χ4n) is 2.87. The molecular formula is C19H14F3NO4S2. The first-order chi connectivity index (χ1) is 13.6. The Balaban J connectivity index is 1.91. The van der Waals surface area contributed by atoms with E-state index in [4.69, 9.17) is 16.6 Å². The van der Waals surface area contributed by atoms with Crippen LogP contribution in [0.5, 0.6) is 0 Å². The summed E-state index contributed by atoms with van der Waals surface area (Å²) in [6, 6.07) is 6.73. The number of aliphatic carboxylic acids is 1. The standard InChI is InChI=1S/C19H14F3NO4S2/c1-2-13(17(25)26)23-16(24)15(29-18(23)28)9-10-7-8-14(27-10)11-5-3-4-6-12(11)19(20,21)22/h3-9,13H,2H2,1H3,(H,25,26)/b15-9-. The minimum Gasteiger partial charge on any atom is -0.480 e. The Morgan fingerprint density at radius 2 is 2.00 bits per heavy atom. The number of thioether (sulfide) groups is 1. The molecular weight excluding hydrogens is 427 g/mol. The molecule has 0 bridgehead atoms. The lowest BCUT2D eigenvalue weighted by Gasteiger charge is -2.21. The molecule has 1 amide bonds. The van der Waals surface area contributed by atoms with E-state index < -0.39 is 29.7 Å². The highest BCUT2D eigenvalue weighted by molar-refractivity contribution is 8.26. The molecule has 0 radical (unpaired) electrons. The van der Waals surface area contributed by atoms with E-state index in [9.17, 15) is 27.9 Å². The quantitative estimate of drug-likeness (QED) is 0.518. The Labute approximate surface area is 173 Å². The van der Waals surface area contributed by atoms with Crippen LogP contribution in [-0.4, -0.2) is 32.2 Å². The van der Waals surface area contributed by atoms with Crippen LogP contribution in [0.15, 0.2) is 45.7 Å². The molecule has 1 atom stereocenters. The summed E-state index contributed by atoms with van der Waals surface area (Å²) in [7, 11) is 0. The summed E-state index contributed by atoms with van der Waals surface area (Å²) in [5.74, 6) is -1.60. The summed E-state index contributed by atoms with van der Waals surface area (Å²) in [4.78, 5) is 25.1. The topological polar surface area (TPSA) is 70.8 Å². The molecule has 152 valence electrons. The van der Waals surface area contributed by atoms with Crippen LogP contribution in [0.3, 0.4) is 0 Å². The first-order valence-corrected chi connectivity index (χ1v) is 9.62. The summed E-state index contributed by atoms with van der Waals surface area (Å²) in [6.45, 7) is 1.62. The van der Waals surface area contributed by atoms with Gasteiger partial charge in [-0.2, -0.15) is 13.2 Å². The number of benzene rings is 1. The molecule has 1 aromatic heterocycles. The monoisotopic (exact) mass is 441 g/mol. The maximum absolute atomic E-state index is 13.2. The number of nitrogens with zero attached hydrogens (tertiary/aromatic N) is 1. The van der Waals surface area contributed by atoms with Gasteiger partial charge in [-0.15, -0.1) is 0 Å². The molecule has 0 aliphatic carbocycles. The molecule has 1 N–H and O–H groups in total. The van der Waals surface area contributed by atoms with E-state index in [0.29, 0.717) is 0 Å². The number of hydrogen-bond acceptors (Lipinski definition) is 5. The molecule has 0 spiro atoms. The Kier molecular flexibility index (Phi) is 5.85. The molecule has 1 aromatic carbocycles. The van der Waals surface area contributed by atoms with Crippen molar-refractivity contribution in [3.8, 4) is 11.3 Å². The second-order valence-electron chi connectivity index (χ2n) is 6.06. The third kappa shape index (κ3) is 4.23. The van der Waals surface area contributed by atoms with Gasteiger partial charge in [-0.1, -0.05) is 49.1 Å². The maximum atomic E-state index is 13.2. The SMILES string of the molecule is CCC(C(=O)O)N1C(=O)/C(=C/c2ccc(-c3ccccc3C(F)(F)F)o2)SC1=S. The van der Waals surface area contributed by atoms with Gasteiger partial charge < -0.3 is 9.52 Å². The van der Waals surface area contributed by atoms with Gasteiger partial charge in [0.25, 0.3) is 5.91 Å². The minimum absolute atomic E-state index is 0.00313. The number of hydrogen-bond donors (Lipinski definition) is 1. The number of carboxylic acid groups (broad SMARTS) is 1. The van der Waals surface area contributed by atoms with Crippen LogP contribution >= 0.6 is 24.0 Å². The van der Waals surface area contributed by atoms with E-state index in [1.165, 1.54) is 36.4 Å². The highest BCUT2D eigenvalue weighted by Crippen LogP contribution is 2.39. The van der Waals surface area contributed by atoms with Crippen molar-refractivity contribution >= 4 is 46.3 Å². The van der Waals surface area contributed by atoms with E-state index in [0.717, 1.165) is 22.7 Å². The fraction of sp³-hybridized carbons (Fsp3) is 0.211. The van der Waals surface area contributed by atoms with Crippen LogP contribution in [0.4, 0.5) is 13.2 Å². The number of furan rings is 1. The number of carboxylic acids is 1. The molecule has 10 heteroatoms. The van der Waals surface area contributed by atoms with Crippen LogP contribution in [-0.2, 0) is 15.8 Å². The number of carbonyl (C=O) groups is 2. The van der Waals surface area contributed by atoms with Crippen molar-refractivity contribution in [3.05, 3.63) is 52.6 Å². The third-order valence-electron chi connectivity index (χ3n) is 4.21. The van der Waals surface area contributed by atoms with E-state index in [-0.39, 0.29) is 32.7 Å². The Morgan fingerprint density at radius 3 is 2.62 bits per heavy atom. The predicted octanol–water partition coefficient (Wildman–Crippen LogP) is 5.03. The molecule has 29 heavy (non-hydrogen) atoms. The van der Waals surface area contributed by atoms with Crippen molar-refractivity contribution in [2.24, 2.45) is 0 Å². The number of rotatable bonds is 5. The summed E-state index contributed by atoms with van der Waals surface area (Å²) in [5, 5.41) is 9.27. The van der Waals surface area contributed by atoms with Gasteiger partial charge in [0.05, 0.1) is 10.5 Å². The zero-order valence-electron chi connectivity index (χ0n) is 14.9. The van der Waals surface area contributed by atoms with Crippen LogP contribution < -0.4 is 0 Å². The van der Waals surface area contributed by atoms with Gasteiger partial charge in [0.1, 0.15) is 21.9 Å². The van der Waals surface area contributed by atoms with Crippen molar-refractivity contribution in [1.82, 2.24) is 4.90 Å². The van der Waals surface area contributed by atoms with Gasteiger partial charge in [0, 0.05) is 11.6 Å². The number of alkyl halides is 3.